The molecular weight excluding hydrogens is 314 g/mol. The van der Waals surface area contributed by atoms with E-state index >= 15 is 0 Å². The quantitative estimate of drug-likeness (QED) is 0.536. The Balaban J connectivity index is 1.74. The third-order valence-electron chi connectivity index (χ3n) is 3.18. The molecule has 0 atom stereocenters. The molecule has 6 nitrogen and oxygen atoms in total. The number of hydrogen-bond acceptors (Lipinski definition) is 5. The van der Waals surface area contributed by atoms with Crippen molar-refractivity contribution in [3.8, 4) is 5.75 Å². The lowest BCUT2D eigenvalue weighted by Crippen LogP contribution is -2.25. The lowest BCUT2D eigenvalue weighted by molar-refractivity contribution is -0.116. The maximum atomic E-state index is 11.9. The third kappa shape index (κ3) is 5.00. The molecule has 122 valence electrons. The van der Waals surface area contributed by atoms with Gasteiger partial charge in [-0.25, -0.2) is 0 Å². The van der Waals surface area contributed by atoms with Crippen molar-refractivity contribution in [2.24, 2.45) is 0 Å². The highest BCUT2D eigenvalue weighted by Gasteiger charge is 2.08. The highest BCUT2D eigenvalue weighted by Crippen LogP contribution is 2.24. The summed E-state index contributed by atoms with van der Waals surface area (Å²) in [5.74, 6) is 0.343. The fourth-order valence-corrected chi connectivity index (χ4v) is 2.57. The van der Waals surface area contributed by atoms with Crippen LogP contribution in [0.1, 0.15) is 23.2 Å². The molecule has 1 aromatic heterocycles. The molecule has 0 aliphatic carbocycles. The van der Waals surface area contributed by atoms with Crippen molar-refractivity contribution in [2.75, 3.05) is 24.7 Å². The number of ether oxygens (including phenoxy) is 1. The average Bonchev–Trinajstić information content (AvgIpc) is 3.08. The highest BCUT2D eigenvalue weighted by atomic mass is 32.1. The molecule has 0 spiro atoms. The normalized spacial score (nSPS) is 10.1. The van der Waals surface area contributed by atoms with Gasteiger partial charge in [0, 0.05) is 30.0 Å². The lowest BCUT2D eigenvalue weighted by Gasteiger charge is -2.10. The second-order valence-electron chi connectivity index (χ2n) is 4.87. The molecule has 0 aliphatic rings. The Kier molecular flexibility index (Phi) is 5.99. The zero-order valence-corrected chi connectivity index (χ0v) is 13.6. The summed E-state index contributed by atoms with van der Waals surface area (Å²) in [5, 5.41) is 9.16. The first kappa shape index (κ1) is 16.8. The molecule has 0 bridgehead atoms. The van der Waals surface area contributed by atoms with Gasteiger partial charge in [0.15, 0.2) is 0 Å². The first-order valence-electron chi connectivity index (χ1n) is 7.14. The first-order chi connectivity index (χ1) is 11.1. The van der Waals surface area contributed by atoms with E-state index < -0.39 is 0 Å². The van der Waals surface area contributed by atoms with Crippen molar-refractivity contribution in [1.82, 2.24) is 5.32 Å². The third-order valence-corrected chi connectivity index (χ3v) is 3.87. The molecule has 0 unspecified atom stereocenters. The number of rotatable bonds is 7. The summed E-state index contributed by atoms with van der Waals surface area (Å²) >= 11 is 1.47. The van der Waals surface area contributed by atoms with Crippen molar-refractivity contribution in [2.45, 2.75) is 12.8 Å². The van der Waals surface area contributed by atoms with Gasteiger partial charge in [0.25, 0.3) is 5.91 Å². The van der Waals surface area contributed by atoms with Crippen LogP contribution >= 0.6 is 11.3 Å². The van der Waals surface area contributed by atoms with Gasteiger partial charge < -0.3 is 21.1 Å². The second kappa shape index (κ2) is 8.19. The first-order valence-corrected chi connectivity index (χ1v) is 8.08. The lowest BCUT2D eigenvalue weighted by atomic mass is 10.2. The summed E-state index contributed by atoms with van der Waals surface area (Å²) in [4.78, 5) is 23.6. The van der Waals surface area contributed by atoms with Crippen LogP contribution in [0, 0.1) is 0 Å². The second-order valence-corrected chi connectivity index (χ2v) is 5.65. The number of nitrogens with two attached hydrogens (primary N) is 1. The Hall–Kier alpha value is -2.54. The molecule has 1 aromatic carbocycles. The molecule has 0 saturated carbocycles. The van der Waals surface area contributed by atoms with Crippen LogP contribution < -0.4 is 21.1 Å². The van der Waals surface area contributed by atoms with Gasteiger partial charge in [0.1, 0.15) is 5.75 Å². The number of carbonyl (C=O) groups excluding carboxylic acids is 2. The molecule has 0 radical (unpaired) electrons. The fourth-order valence-electron chi connectivity index (χ4n) is 1.93. The van der Waals surface area contributed by atoms with Crippen molar-refractivity contribution < 1.29 is 14.3 Å². The summed E-state index contributed by atoms with van der Waals surface area (Å²) < 4.78 is 5.10. The van der Waals surface area contributed by atoms with Crippen LogP contribution in [0.15, 0.2) is 35.0 Å². The average molecular weight is 333 g/mol. The number of amides is 2. The zero-order valence-electron chi connectivity index (χ0n) is 12.8. The van der Waals surface area contributed by atoms with Gasteiger partial charge in [-0.2, -0.15) is 11.3 Å². The van der Waals surface area contributed by atoms with Gasteiger partial charge in [-0.05, 0) is 30.0 Å². The van der Waals surface area contributed by atoms with Crippen LogP contribution in [0.4, 0.5) is 11.4 Å². The van der Waals surface area contributed by atoms with E-state index in [9.17, 15) is 9.59 Å². The van der Waals surface area contributed by atoms with Crippen molar-refractivity contribution in [1.29, 1.82) is 0 Å². The van der Waals surface area contributed by atoms with Gasteiger partial charge in [-0.3, -0.25) is 9.59 Å². The number of nitrogens with one attached hydrogen (secondary N) is 2. The van der Waals surface area contributed by atoms with Crippen molar-refractivity contribution in [3.05, 3.63) is 40.6 Å². The van der Waals surface area contributed by atoms with Gasteiger partial charge in [0.05, 0.1) is 18.5 Å². The Morgan fingerprint density at radius 3 is 2.83 bits per heavy atom. The summed E-state index contributed by atoms with van der Waals surface area (Å²) in [6.07, 6.45) is 0.839. The summed E-state index contributed by atoms with van der Waals surface area (Å²) in [6, 6.07) is 6.84. The molecule has 0 saturated heterocycles. The van der Waals surface area contributed by atoms with Crippen LogP contribution in [0.5, 0.6) is 5.75 Å². The predicted molar refractivity (Wildman–Crippen MR) is 91.9 cm³/mol. The molecule has 0 fully saturated rings. The molecule has 0 aliphatic heterocycles. The van der Waals surface area contributed by atoms with E-state index in [-0.39, 0.29) is 11.8 Å². The minimum absolute atomic E-state index is 0.122. The molecule has 4 N–H and O–H groups in total. The van der Waals surface area contributed by atoms with Gasteiger partial charge in [-0.1, -0.05) is 0 Å². The van der Waals surface area contributed by atoms with Crippen molar-refractivity contribution in [3.63, 3.8) is 0 Å². The van der Waals surface area contributed by atoms with E-state index in [1.54, 1.807) is 36.8 Å². The van der Waals surface area contributed by atoms with Gasteiger partial charge in [0.2, 0.25) is 5.91 Å². The molecule has 1 heterocycles. The monoisotopic (exact) mass is 333 g/mol. The summed E-state index contributed by atoms with van der Waals surface area (Å²) in [5.41, 5.74) is 7.46. The van der Waals surface area contributed by atoms with Crippen LogP contribution in [0.2, 0.25) is 0 Å². The number of methoxy groups -OCH3 is 1. The van der Waals surface area contributed by atoms with Crippen molar-refractivity contribution >= 4 is 34.5 Å². The maximum absolute atomic E-state index is 11.9. The molecule has 23 heavy (non-hydrogen) atoms. The smallest absolute Gasteiger partial charge is 0.252 e. The van der Waals surface area contributed by atoms with Crippen LogP contribution in [-0.2, 0) is 4.79 Å². The molecule has 7 heteroatoms. The zero-order chi connectivity index (χ0) is 16.7. The molecule has 2 rings (SSSR count). The van der Waals surface area contributed by atoms with Crippen LogP contribution in [-0.4, -0.2) is 25.5 Å². The summed E-state index contributed by atoms with van der Waals surface area (Å²) in [7, 11) is 1.55. The van der Waals surface area contributed by atoms with E-state index in [2.05, 4.69) is 10.6 Å². The van der Waals surface area contributed by atoms with E-state index in [1.807, 2.05) is 5.38 Å². The Labute approximate surface area is 138 Å². The highest BCUT2D eigenvalue weighted by molar-refractivity contribution is 7.08. The minimum atomic E-state index is -0.158. The van der Waals surface area contributed by atoms with E-state index in [1.165, 1.54) is 11.3 Å². The number of anilines is 2. The largest absolute Gasteiger partial charge is 0.497 e. The molecule has 2 aromatic rings. The van der Waals surface area contributed by atoms with Crippen LogP contribution in [0.3, 0.4) is 0 Å². The minimum Gasteiger partial charge on any atom is -0.497 e. The Morgan fingerprint density at radius 1 is 1.30 bits per heavy atom. The number of benzene rings is 1. The number of thiophene rings is 1. The maximum Gasteiger partial charge on any atom is 0.252 e. The van der Waals surface area contributed by atoms with Gasteiger partial charge >= 0.3 is 0 Å². The van der Waals surface area contributed by atoms with E-state index in [0.717, 1.165) is 0 Å². The van der Waals surface area contributed by atoms with E-state index in [0.29, 0.717) is 42.1 Å². The fraction of sp³-hybridized carbons (Fsp3) is 0.250. The predicted octanol–water partition coefficient (Wildman–Crippen LogP) is 2.49. The SMILES string of the molecule is COc1ccc(N)c(NC(=O)CCCNC(=O)c2ccsc2)c1. The van der Waals surface area contributed by atoms with Crippen LogP contribution in [0.25, 0.3) is 0 Å². The Morgan fingerprint density at radius 2 is 2.13 bits per heavy atom. The number of hydrogen-bond donors (Lipinski definition) is 3. The molecular formula is C16H19N3O3S. The van der Waals surface area contributed by atoms with E-state index in [4.69, 9.17) is 10.5 Å². The molecule has 2 amide bonds. The number of carbonyl (C=O) groups is 2. The Bertz CT molecular complexity index is 671. The summed E-state index contributed by atoms with van der Waals surface area (Å²) in [6.45, 7) is 0.440. The number of nitrogen functional groups attached to an aromatic ring is 1. The topological polar surface area (TPSA) is 93.4 Å². The van der Waals surface area contributed by atoms with Gasteiger partial charge in [-0.15, -0.1) is 0 Å². The standard InChI is InChI=1S/C16H19N3O3S/c1-22-12-4-5-13(17)14(9-12)19-15(20)3-2-7-18-16(21)11-6-8-23-10-11/h4-6,8-10H,2-3,7,17H2,1H3,(H,18,21)(H,19,20).